The highest BCUT2D eigenvalue weighted by Crippen LogP contribution is 2.44. The number of carboxylic acid groups (broad SMARTS) is 1. The molecule has 0 saturated heterocycles. The quantitative estimate of drug-likeness (QED) is 0.405. The number of fused-ring (bicyclic) bond motifs is 3. The van der Waals surface area contributed by atoms with E-state index in [1.165, 1.54) is 0 Å². The molecule has 3 N–H and O–H groups in total. The minimum atomic E-state index is -1.09. The Morgan fingerprint density at radius 1 is 1.09 bits per heavy atom. The maximum Gasteiger partial charge on any atom is 0.413 e. The van der Waals surface area contributed by atoms with Gasteiger partial charge in [-0.25, -0.2) is 14.6 Å². The number of nitrogens with zero attached hydrogens (tertiary/aromatic N) is 1. The summed E-state index contributed by atoms with van der Waals surface area (Å²) in [5, 5.41) is 14.8. The standard InChI is InChI=1S/C26H27N3O5S/c1-4-14(2)21(24(31)32)28-23(30)22-15(3)27-25(35-22)29-26(33)34-13-20-18-11-7-5-9-16(18)17-10-6-8-12-19(17)20/h5-12,14,20-21H,4,13H2,1-3H3,(H,28,30)(H,31,32)(H,27,29,33)/t14-,21-/m0/s1. The van der Waals surface area contributed by atoms with Crippen LogP contribution in [0.25, 0.3) is 11.1 Å². The van der Waals surface area contributed by atoms with Crippen LogP contribution in [-0.2, 0) is 9.53 Å². The minimum Gasteiger partial charge on any atom is -0.480 e. The van der Waals surface area contributed by atoms with E-state index < -0.39 is 24.0 Å². The summed E-state index contributed by atoms with van der Waals surface area (Å²) in [5.41, 5.74) is 4.90. The Hall–Kier alpha value is -3.72. The molecule has 8 nitrogen and oxygen atoms in total. The van der Waals surface area contributed by atoms with Crippen molar-refractivity contribution in [2.24, 2.45) is 5.92 Å². The van der Waals surface area contributed by atoms with Crippen molar-refractivity contribution in [3.8, 4) is 11.1 Å². The number of amides is 2. The molecule has 0 unspecified atom stereocenters. The topological polar surface area (TPSA) is 118 Å². The number of hydrogen-bond acceptors (Lipinski definition) is 6. The van der Waals surface area contributed by atoms with Crippen LogP contribution in [0.15, 0.2) is 48.5 Å². The number of benzene rings is 2. The molecule has 9 heteroatoms. The summed E-state index contributed by atoms with van der Waals surface area (Å²) in [6.45, 7) is 5.42. The molecule has 1 aliphatic carbocycles. The SMILES string of the molecule is CC[C@H](C)[C@H](NC(=O)c1sc(NC(=O)OCC2c3ccccc3-c3ccccc32)nc1C)C(=O)O. The predicted octanol–water partition coefficient (Wildman–Crippen LogP) is 5.04. The number of carboxylic acids is 1. The Labute approximate surface area is 207 Å². The number of nitrogens with one attached hydrogen (secondary N) is 2. The van der Waals surface area contributed by atoms with E-state index in [9.17, 15) is 19.5 Å². The predicted molar refractivity (Wildman–Crippen MR) is 134 cm³/mol. The molecular formula is C26H27N3O5S. The molecule has 2 atom stereocenters. The van der Waals surface area contributed by atoms with E-state index in [1.807, 2.05) is 43.3 Å². The molecule has 35 heavy (non-hydrogen) atoms. The Morgan fingerprint density at radius 3 is 2.26 bits per heavy atom. The number of carbonyl (C=O) groups excluding carboxylic acids is 2. The monoisotopic (exact) mass is 493 g/mol. The number of aliphatic carboxylic acids is 1. The molecule has 0 fully saturated rings. The van der Waals surface area contributed by atoms with Crippen LogP contribution in [0.1, 0.15) is 52.7 Å². The zero-order valence-corrected chi connectivity index (χ0v) is 20.5. The Balaban J connectivity index is 1.41. The second-order valence-electron chi connectivity index (χ2n) is 8.56. The lowest BCUT2D eigenvalue weighted by Gasteiger charge is -2.19. The lowest BCUT2D eigenvalue weighted by molar-refractivity contribution is -0.140. The van der Waals surface area contributed by atoms with Gasteiger partial charge < -0.3 is 15.2 Å². The molecule has 3 aromatic rings. The first-order valence-electron chi connectivity index (χ1n) is 11.4. The number of hydrogen-bond donors (Lipinski definition) is 3. The van der Waals surface area contributed by atoms with Crippen molar-refractivity contribution in [1.82, 2.24) is 10.3 Å². The third kappa shape index (κ3) is 5.05. The van der Waals surface area contributed by atoms with Gasteiger partial charge in [-0.05, 0) is 35.1 Å². The maximum absolute atomic E-state index is 12.7. The second-order valence-corrected chi connectivity index (χ2v) is 9.56. The van der Waals surface area contributed by atoms with Crippen molar-refractivity contribution in [3.63, 3.8) is 0 Å². The van der Waals surface area contributed by atoms with Gasteiger partial charge in [-0.3, -0.25) is 10.1 Å². The van der Waals surface area contributed by atoms with E-state index in [-0.39, 0.29) is 28.5 Å². The van der Waals surface area contributed by atoms with Gasteiger partial charge in [0.05, 0.1) is 5.69 Å². The summed E-state index contributed by atoms with van der Waals surface area (Å²) in [6, 6.07) is 15.1. The van der Waals surface area contributed by atoms with E-state index in [0.29, 0.717) is 12.1 Å². The highest BCUT2D eigenvalue weighted by atomic mass is 32.1. The molecule has 0 aliphatic heterocycles. The van der Waals surface area contributed by atoms with Gasteiger partial charge in [0.1, 0.15) is 17.5 Å². The van der Waals surface area contributed by atoms with Crippen molar-refractivity contribution in [1.29, 1.82) is 0 Å². The van der Waals surface area contributed by atoms with Crippen LogP contribution in [0.3, 0.4) is 0 Å². The molecule has 1 aliphatic rings. The van der Waals surface area contributed by atoms with Gasteiger partial charge in [0.15, 0.2) is 5.13 Å². The molecule has 4 rings (SSSR count). The second kappa shape index (κ2) is 10.3. The van der Waals surface area contributed by atoms with Gasteiger partial charge in [-0.15, -0.1) is 0 Å². The molecular weight excluding hydrogens is 466 g/mol. The number of carbonyl (C=O) groups is 3. The highest BCUT2D eigenvalue weighted by molar-refractivity contribution is 7.17. The fraction of sp³-hybridized carbons (Fsp3) is 0.308. The largest absolute Gasteiger partial charge is 0.480 e. The maximum atomic E-state index is 12.7. The van der Waals surface area contributed by atoms with Crippen LogP contribution < -0.4 is 10.6 Å². The fourth-order valence-corrected chi connectivity index (χ4v) is 5.13. The lowest BCUT2D eigenvalue weighted by Crippen LogP contribution is -2.44. The van der Waals surface area contributed by atoms with E-state index in [4.69, 9.17) is 4.74 Å². The number of aryl methyl sites for hydroxylation is 1. The number of rotatable bonds is 8. The Bertz CT molecular complexity index is 1230. The van der Waals surface area contributed by atoms with Crippen molar-refractivity contribution in [2.75, 3.05) is 11.9 Å². The summed E-state index contributed by atoms with van der Waals surface area (Å²) in [5.74, 6) is -1.93. The van der Waals surface area contributed by atoms with Gasteiger partial charge in [0.25, 0.3) is 5.91 Å². The molecule has 0 bridgehead atoms. The molecule has 0 radical (unpaired) electrons. The third-order valence-corrected chi connectivity index (χ3v) is 7.39. The molecule has 0 spiro atoms. The summed E-state index contributed by atoms with van der Waals surface area (Å²) in [4.78, 5) is 41.2. The average molecular weight is 494 g/mol. The zero-order valence-electron chi connectivity index (χ0n) is 19.7. The fourth-order valence-electron chi connectivity index (χ4n) is 4.27. The van der Waals surface area contributed by atoms with E-state index in [2.05, 4.69) is 27.8 Å². The van der Waals surface area contributed by atoms with Crippen molar-refractivity contribution in [2.45, 2.75) is 39.2 Å². The minimum absolute atomic E-state index is 0.0685. The lowest BCUT2D eigenvalue weighted by atomic mass is 9.98. The van der Waals surface area contributed by atoms with E-state index in [0.717, 1.165) is 33.6 Å². The molecule has 1 heterocycles. The van der Waals surface area contributed by atoms with Crippen molar-refractivity contribution >= 4 is 34.4 Å². The molecule has 1 aromatic heterocycles. The summed E-state index contributed by atoms with van der Waals surface area (Å²) >= 11 is 0.976. The third-order valence-electron chi connectivity index (χ3n) is 6.32. The molecule has 0 saturated carbocycles. The van der Waals surface area contributed by atoms with E-state index >= 15 is 0 Å². The summed E-state index contributed by atoms with van der Waals surface area (Å²) < 4.78 is 5.53. The Kier molecular flexibility index (Phi) is 7.16. The first kappa shape index (κ1) is 24.4. The zero-order chi connectivity index (χ0) is 25.1. The normalized spacial score (nSPS) is 13.9. The van der Waals surface area contributed by atoms with Gasteiger partial charge in [0, 0.05) is 5.92 Å². The van der Waals surface area contributed by atoms with Gasteiger partial charge >= 0.3 is 12.1 Å². The van der Waals surface area contributed by atoms with Crippen LogP contribution in [0.5, 0.6) is 0 Å². The summed E-state index contributed by atoms with van der Waals surface area (Å²) in [6.07, 6.45) is -0.0661. The van der Waals surface area contributed by atoms with Crippen LogP contribution in [-0.4, -0.2) is 40.7 Å². The average Bonchev–Trinajstić information content (AvgIpc) is 3.37. The van der Waals surface area contributed by atoms with Gasteiger partial charge in [-0.2, -0.15) is 0 Å². The smallest absolute Gasteiger partial charge is 0.413 e. The molecule has 2 aromatic carbocycles. The van der Waals surface area contributed by atoms with Crippen LogP contribution >= 0.6 is 11.3 Å². The highest BCUT2D eigenvalue weighted by Gasteiger charge is 2.30. The first-order valence-corrected chi connectivity index (χ1v) is 12.2. The van der Waals surface area contributed by atoms with Crippen LogP contribution in [0, 0.1) is 12.8 Å². The number of thiazole rings is 1. The molecule has 2 amide bonds. The van der Waals surface area contributed by atoms with Crippen molar-refractivity contribution in [3.05, 3.63) is 70.2 Å². The van der Waals surface area contributed by atoms with E-state index in [1.54, 1.807) is 13.8 Å². The number of anilines is 1. The number of aromatic nitrogens is 1. The molecule has 182 valence electrons. The number of ether oxygens (including phenoxy) is 1. The van der Waals surface area contributed by atoms with Gasteiger partial charge in [0.2, 0.25) is 0 Å². The van der Waals surface area contributed by atoms with Crippen LogP contribution in [0.2, 0.25) is 0 Å². The van der Waals surface area contributed by atoms with Crippen molar-refractivity contribution < 1.29 is 24.2 Å². The van der Waals surface area contributed by atoms with Gasteiger partial charge in [-0.1, -0.05) is 80.1 Å². The Morgan fingerprint density at radius 2 is 1.69 bits per heavy atom. The first-order chi connectivity index (χ1) is 16.8. The van der Waals surface area contributed by atoms with Crippen LogP contribution in [0.4, 0.5) is 9.93 Å². The summed E-state index contributed by atoms with van der Waals surface area (Å²) in [7, 11) is 0.